The molecule has 0 aliphatic carbocycles. The standard InChI is InChI=1S/C43H46F3N11O6S/c1-3-55(2)64(62,63)54-33-6-5-31(44)37(38(33)46)39(59)30-23-48-40-29(30)18-25(20-47-40)26-21-49-43(50-22-26)57-16-12-27(13-17-57)52-41(60)24-10-14-56(15-11-24)35-8-4-28(19-32(35)45)51-34-7-9-36(58)53-42(34)61/h4-6,8,18-24,27,34,51,54H,3,7,9-17H2,1-2H3,(H,47,48)(H,52,60)(H,53,58,61). The van der Waals surface area contributed by atoms with Gasteiger partial charge in [0.25, 0.3) is 0 Å². The first-order valence-electron chi connectivity index (χ1n) is 21.0. The molecule has 3 amide bonds. The second-order valence-electron chi connectivity index (χ2n) is 16.1. The SMILES string of the molecule is CCN(C)S(=O)(=O)Nc1ccc(F)c(C(=O)c2c[nH]c3ncc(-c4cnc(N5CCC(NC(=O)C6CCN(c7ccc(NC8CCC(=O)NC8=O)cc7F)CC6)CC5)nc4)cc23)c1F. The molecule has 0 spiro atoms. The van der Waals surface area contributed by atoms with Gasteiger partial charge >= 0.3 is 10.2 Å². The van der Waals surface area contributed by atoms with Crippen molar-refractivity contribution < 1.29 is 40.8 Å². The number of aromatic amines is 1. The summed E-state index contributed by atoms with van der Waals surface area (Å²) in [5, 5.41) is 8.76. The van der Waals surface area contributed by atoms with Crippen molar-refractivity contribution >= 4 is 67.8 Å². The van der Waals surface area contributed by atoms with Crippen LogP contribution in [0, 0.1) is 23.4 Å². The van der Waals surface area contributed by atoms with Crippen molar-refractivity contribution in [1.82, 2.24) is 34.9 Å². The predicted molar refractivity (Wildman–Crippen MR) is 232 cm³/mol. The highest BCUT2D eigenvalue weighted by Gasteiger charge is 2.31. The van der Waals surface area contributed by atoms with Crippen LogP contribution in [-0.2, 0) is 24.6 Å². The van der Waals surface area contributed by atoms with Crippen LogP contribution in [0.4, 0.5) is 36.2 Å². The summed E-state index contributed by atoms with van der Waals surface area (Å²) in [6.45, 7) is 3.90. The zero-order valence-corrected chi connectivity index (χ0v) is 35.8. The summed E-state index contributed by atoms with van der Waals surface area (Å²) in [5.74, 6) is -4.45. The first-order chi connectivity index (χ1) is 30.7. The van der Waals surface area contributed by atoms with Crippen LogP contribution in [0.15, 0.2) is 61.2 Å². The van der Waals surface area contributed by atoms with Crippen LogP contribution < -0.4 is 30.5 Å². The van der Waals surface area contributed by atoms with Gasteiger partial charge in [-0.25, -0.2) is 28.1 Å². The molecule has 5 aromatic rings. The molecule has 17 nitrogen and oxygen atoms in total. The number of halogens is 3. The normalized spacial score (nSPS) is 17.8. The molecule has 336 valence electrons. The Morgan fingerprint density at radius 3 is 2.27 bits per heavy atom. The second-order valence-corrected chi connectivity index (χ2v) is 17.9. The summed E-state index contributed by atoms with van der Waals surface area (Å²) in [6, 6.07) is 7.43. The molecule has 0 radical (unpaired) electrons. The van der Waals surface area contributed by atoms with E-state index in [-0.39, 0.29) is 53.3 Å². The average Bonchev–Trinajstić information content (AvgIpc) is 3.72. The number of carbonyl (C=O) groups excluding carboxylic acids is 4. The third-order valence-corrected chi connectivity index (χ3v) is 13.6. The molecular formula is C43H46F3N11O6S. The molecule has 5 N–H and O–H groups in total. The van der Waals surface area contributed by atoms with Gasteiger partial charge in [0.15, 0.2) is 5.82 Å². The van der Waals surface area contributed by atoms with E-state index in [1.165, 1.54) is 19.3 Å². The second kappa shape index (κ2) is 18.2. The first kappa shape index (κ1) is 44.0. The zero-order chi connectivity index (χ0) is 45.3. The van der Waals surface area contributed by atoms with Gasteiger partial charge in [0.1, 0.15) is 23.3 Å². The summed E-state index contributed by atoms with van der Waals surface area (Å²) in [4.78, 5) is 70.8. The van der Waals surface area contributed by atoms with Crippen LogP contribution >= 0.6 is 0 Å². The fraction of sp³-hybridized carbons (Fsp3) is 0.372. The number of amides is 3. The third-order valence-electron chi connectivity index (χ3n) is 12.0. The molecule has 3 saturated heterocycles. The number of fused-ring (bicyclic) bond motifs is 1. The number of hydrogen-bond acceptors (Lipinski definition) is 12. The van der Waals surface area contributed by atoms with Crippen LogP contribution in [0.25, 0.3) is 22.2 Å². The van der Waals surface area contributed by atoms with E-state index in [0.29, 0.717) is 86.7 Å². The van der Waals surface area contributed by atoms with Crippen molar-refractivity contribution in [2.45, 2.75) is 57.5 Å². The summed E-state index contributed by atoms with van der Waals surface area (Å²) >= 11 is 0. The van der Waals surface area contributed by atoms with Crippen molar-refractivity contribution in [3.63, 3.8) is 0 Å². The number of piperidine rings is 3. The van der Waals surface area contributed by atoms with Crippen LogP contribution in [0.5, 0.6) is 0 Å². The summed E-state index contributed by atoms with van der Waals surface area (Å²) in [6.07, 6.45) is 9.10. The van der Waals surface area contributed by atoms with Gasteiger partial charge < -0.3 is 25.4 Å². The van der Waals surface area contributed by atoms with E-state index in [1.54, 1.807) is 43.7 Å². The van der Waals surface area contributed by atoms with Gasteiger partial charge in [-0.1, -0.05) is 6.92 Å². The summed E-state index contributed by atoms with van der Waals surface area (Å²) in [7, 11) is -2.87. The quantitative estimate of drug-likeness (QED) is 0.0817. The predicted octanol–water partition coefficient (Wildman–Crippen LogP) is 4.50. The molecule has 8 rings (SSSR count). The topological polar surface area (TPSA) is 215 Å². The monoisotopic (exact) mass is 901 g/mol. The lowest BCUT2D eigenvalue weighted by atomic mass is 9.94. The average molecular weight is 902 g/mol. The lowest BCUT2D eigenvalue weighted by Crippen LogP contribution is -2.48. The van der Waals surface area contributed by atoms with Crippen molar-refractivity contribution in [3.05, 3.63) is 89.8 Å². The number of H-pyrrole nitrogens is 1. The zero-order valence-electron chi connectivity index (χ0n) is 35.0. The lowest BCUT2D eigenvalue weighted by Gasteiger charge is -2.36. The Kier molecular flexibility index (Phi) is 12.5. The number of rotatable bonds is 13. The van der Waals surface area contributed by atoms with Crippen LogP contribution in [-0.4, -0.2) is 108 Å². The number of anilines is 4. The number of aromatic nitrogens is 4. The van der Waals surface area contributed by atoms with Crippen LogP contribution in [0.3, 0.4) is 0 Å². The number of nitrogens with one attached hydrogen (secondary N) is 5. The number of carbonyl (C=O) groups is 4. The van der Waals surface area contributed by atoms with E-state index in [4.69, 9.17) is 0 Å². The maximum Gasteiger partial charge on any atom is 0.301 e. The molecule has 0 saturated carbocycles. The summed E-state index contributed by atoms with van der Waals surface area (Å²) < 4.78 is 73.9. The Morgan fingerprint density at radius 2 is 1.58 bits per heavy atom. The molecule has 0 bridgehead atoms. The van der Waals surface area contributed by atoms with Crippen molar-refractivity contribution in [3.8, 4) is 11.1 Å². The van der Waals surface area contributed by atoms with E-state index >= 15 is 13.2 Å². The number of imide groups is 1. The van der Waals surface area contributed by atoms with Crippen LogP contribution in [0.1, 0.15) is 61.4 Å². The smallest absolute Gasteiger partial charge is 0.301 e. The molecule has 1 unspecified atom stereocenters. The van der Waals surface area contributed by atoms with E-state index in [0.717, 1.165) is 16.4 Å². The van der Waals surface area contributed by atoms with Crippen molar-refractivity contribution in [2.75, 3.05) is 59.6 Å². The number of nitrogens with zero attached hydrogens (tertiary/aromatic N) is 6. The molecule has 6 heterocycles. The maximum atomic E-state index is 15.6. The molecule has 64 heavy (non-hydrogen) atoms. The maximum absolute atomic E-state index is 15.6. The van der Waals surface area contributed by atoms with Gasteiger partial charge in [-0.2, -0.15) is 12.7 Å². The Hall–Kier alpha value is -6.61. The highest BCUT2D eigenvalue weighted by atomic mass is 32.2. The highest BCUT2D eigenvalue weighted by molar-refractivity contribution is 7.90. The van der Waals surface area contributed by atoms with Gasteiger partial charge in [-0.05, 0) is 68.5 Å². The van der Waals surface area contributed by atoms with Crippen molar-refractivity contribution in [2.24, 2.45) is 5.92 Å². The van der Waals surface area contributed by atoms with Gasteiger partial charge in [-0.15, -0.1) is 0 Å². The Morgan fingerprint density at radius 1 is 0.875 bits per heavy atom. The largest absolute Gasteiger partial charge is 0.374 e. The van der Waals surface area contributed by atoms with Crippen LogP contribution in [0.2, 0.25) is 0 Å². The van der Waals surface area contributed by atoms with E-state index in [9.17, 15) is 27.6 Å². The molecule has 3 aliphatic rings. The minimum absolute atomic E-state index is 0.0208. The van der Waals surface area contributed by atoms with E-state index in [1.807, 2.05) is 9.80 Å². The van der Waals surface area contributed by atoms with Gasteiger partial charge in [0.2, 0.25) is 29.5 Å². The third kappa shape index (κ3) is 9.21. The molecule has 3 aromatic heterocycles. The molecule has 21 heteroatoms. The Balaban J connectivity index is 0.838. The van der Waals surface area contributed by atoms with Gasteiger partial charge in [0.05, 0.1) is 16.9 Å². The minimum Gasteiger partial charge on any atom is -0.374 e. The molecule has 2 aromatic carbocycles. The lowest BCUT2D eigenvalue weighted by molar-refractivity contribution is -0.133. The van der Waals surface area contributed by atoms with E-state index in [2.05, 4.69) is 40.6 Å². The molecular weight excluding hydrogens is 856 g/mol. The number of benzene rings is 2. The highest BCUT2D eigenvalue weighted by Crippen LogP contribution is 2.32. The number of pyridine rings is 1. The minimum atomic E-state index is -4.16. The van der Waals surface area contributed by atoms with Crippen molar-refractivity contribution in [1.29, 1.82) is 0 Å². The molecule has 1 atom stereocenters. The number of ketones is 1. The molecule has 3 fully saturated rings. The van der Waals surface area contributed by atoms with Gasteiger partial charge in [-0.3, -0.25) is 29.2 Å². The van der Waals surface area contributed by atoms with E-state index < -0.39 is 56.6 Å². The fourth-order valence-electron chi connectivity index (χ4n) is 8.15. The fourth-order valence-corrected chi connectivity index (χ4v) is 9.09. The van der Waals surface area contributed by atoms with Gasteiger partial charge in [0, 0.05) is 111 Å². The summed E-state index contributed by atoms with van der Waals surface area (Å²) in [5.41, 5.74) is 0.683. The Labute approximate surface area is 366 Å². The Bertz CT molecular complexity index is 2720. The molecule has 3 aliphatic heterocycles. The number of hydrogen-bond donors (Lipinski definition) is 5. The first-order valence-corrected chi connectivity index (χ1v) is 22.4.